The number of carbonyl (C=O) groups is 1. The highest BCUT2D eigenvalue weighted by Gasteiger charge is 2.26. The van der Waals surface area contributed by atoms with Crippen LogP contribution in [0.3, 0.4) is 0 Å². The van der Waals surface area contributed by atoms with E-state index in [1.807, 2.05) is 0 Å². The summed E-state index contributed by atoms with van der Waals surface area (Å²) < 4.78 is 5.87. The number of nitrogens with one attached hydrogen (secondary N) is 1. The summed E-state index contributed by atoms with van der Waals surface area (Å²) in [5.41, 5.74) is 1.33. The number of carbonyl (C=O) groups excluding carboxylic acids is 1. The van der Waals surface area contributed by atoms with E-state index in [2.05, 4.69) is 5.32 Å². The second-order valence-electron chi connectivity index (χ2n) is 6.88. The Morgan fingerprint density at radius 3 is 2.19 bits per heavy atom. The van der Waals surface area contributed by atoms with Crippen molar-refractivity contribution in [3.63, 3.8) is 0 Å². The molecule has 9 nitrogen and oxygen atoms in total. The summed E-state index contributed by atoms with van der Waals surface area (Å²) in [5.74, 6) is -0.361. The van der Waals surface area contributed by atoms with Crippen LogP contribution in [0.4, 0.5) is 17.1 Å². The van der Waals surface area contributed by atoms with Gasteiger partial charge in [-0.05, 0) is 37.6 Å². The Labute approximate surface area is 177 Å². The van der Waals surface area contributed by atoms with Crippen molar-refractivity contribution in [2.45, 2.75) is 20.0 Å². The third-order valence-corrected chi connectivity index (χ3v) is 4.57. The Hall–Kier alpha value is -4.27. The van der Waals surface area contributed by atoms with Crippen LogP contribution in [0.5, 0.6) is 5.75 Å². The molecule has 0 saturated carbocycles. The van der Waals surface area contributed by atoms with Gasteiger partial charge in [0.2, 0.25) is 6.10 Å². The van der Waals surface area contributed by atoms with Crippen molar-refractivity contribution >= 4 is 23.0 Å². The molecule has 0 saturated heterocycles. The lowest BCUT2D eigenvalue weighted by Gasteiger charge is -2.19. The van der Waals surface area contributed by atoms with Crippen molar-refractivity contribution in [3.05, 3.63) is 104 Å². The first kappa shape index (κ1) is 21.4. The van der Waals surface area contributed by atoms with E-state index < -0.39 is 21.9 Å². The minimum absolute atomic E-state index is 0.0463. The van der Waals surface area contributed by atoms with Gasteiger partial charge in [-0.1, -0.05) is 36.4 Å². The molecule has 0 bridgehead atoms. The number of amides is 1. The summed E-state index contributed by atoms with van der Waals surface area (Å²) in [7, 11) is 0. The van der Waals surface area contributed by atoms with E-state index in [4.69, 9.17) is 4.74 Å². The van der Waals surface area contributed by atoms with Gasteiger partial charge in [0.25, 0.3) is 17.3 Å². The maximum absolute atomic E-state index is 13.1. The number of hydrogen-bond donors (Lipinski definition) is 1. The number of aryl methyl sites for hydroxylation is 2. The molecule has 0 aliphatic rings. The number of benzene rings is 3. The van der Waals surface area contributed by atoms with Crippen molar-refractivity contribution in [3.8, 4) is 5.75 Å². The van der Waals surface area contributed by atoms with Crippen molar-refractivity contribution in [1.82, 2.24) is 0 Å². The highest BCUT2D eigenvalue weighted by molar-refractivity contribution is 5.97. The molecule has 31 heavy (non-hydrogen) atoms. The van der Waals surface area contributed by atoms with Crippen molar-refractivity contribution in [2.75, 3.05) is 5.32 Å². The number of nitro groups is 2. The fraction of sp³-hybridized carbons (Fsp3) is 0.136. The van der Waals surface area contributed by atoms with Crippen LogP contribution in [0.15, 0.2) is 66.7 Å². The third kappa shape index (κ3) is 5.02. The van der Waals surface area contributed by atoms with E-state index in [1.54, 1.807) is 50.2 Å². The minimum Gasteiger partial charge on any atom is -0.476 e. The lowest BCUT2D eigenvalue weighted by molar-refractivity contribution is -0.385. The van der Waals surface area contributed by atoms with Gasteiger partial charge in [-0.25, -0.2) is 0 Å². The first-order chi connectivity index (χ1) is 14.8. The number of rotatable bonds is 7. The Morgan fingerprint density at radius 2 is 1.58 bits per heavy atom. The van der Waals surface area contributed by atoms with E-state index in [9.17, 15) is 25.0 Å². The van der Waals surface area contributed by atoms with Gasteiger partial charge in [0.1, 0.15) is 11.4 Å². The molecule has 0 fully saturated rings. The molecule has 1 amide bonds. The van der Waals surface area contributed by atoms with Crippen LogP contribution in [0.2, 0.25) is 0 Å². The van der Waals surface area contributed by atoms with E-state index in [0.29, 0.717) is 16.7 Å². The topological polar surface area (TPSA) is 125 Å². The average Bonchev–Trinajstić information content (AvgIpc) is 2.73. The second kappa shape index (κ2) is 9.04. The zero-order valence-electron chi connectivity index (χ0n) is 16.8. The van der Waals surface area contributed by atoms with Crippen LogP contribution in [0, 0.1) is 34.1 Å². The second-order valence-corrected chi connectivity index (χ2v) is 6.88. The average molecular weight is 421 g/mol. The molecule has 3 aromatic rings. The number of hydrogen-bond acceptors (Lipinski definition) is 6. The smallest absolute Gasteiger partial charge is 0.293 e. The predicted molar refractivity (Wildman–Crippen MR) is 114 cm³/mol. The normalized spacial score (nSPS) is 11.4. The highest BCUT2D eigenvalue weighted by atomic mass is 16.6. The van der Waals surface area contributed by atoms with Crippen LogP contribution in [0.25, 0.3) is 0 Å². The zero-order valence-corrected chi connectivity index (χ0v) is 16.8. The van der Waals surface area contributed by atoms with Gasteiger partial charge in [-0.3, -0.25) is 25.0 Å². The summed E-state index contributed by atoms with van der Waals surface area (Å²) in [6.07, 6.45) is -1.14. The lowest BCUT2D eigenvalue weighted by Crippen LogP contribution is -2.26. The predicted octanol–water partition coefficient (Wildman–Crippen LogP) is 4.88. The van der Waals surface area contributed by atoms with E-state index in [0.717, 1.165) is 0 Å². The van der Waals surface area contributed by atoms with Crippen LogP contribution in [0.1, 0.15) is 22.8 Å². The van der Waals surface area contributed by atoms with Crippen molar-refractivity contribution in [1.29, 1.82) is 0 Å². The molecule has 3 aromatic carbocycles. The van der Waals surface area contributed by atoms with Gasteiger partial charge in [0.05, 0.1) is 9.85 Å². The first-order valence-electron chi connectivity index (χ1n) is 9.29. The van der Waals surface area contributed by atoms with Gasteiger partial charge < -0.3 is 10.1 Å². The molecular weight excluding hydrogens is 402 g/mol. The van der Waals surface area contributed by atoms with Crippen molar-refractivity contribution in [2.24, 2.45) is 0 Å². The molecule has 158 valence electrons. The van der Waals surface area contributed by atoms with Crippen LogP contribution in [-0.4, -0.2) is 15.8 Å². The Kier molecular flexibility index (Phi) is 6.25. The maximum atomic E-state index is 13.1. The SMILES string of the molecule is Cc1ccc(NC(=O)C(Oc2ccc([N+](=O)[O-])c(C)c2)c2ccccc2)c([N+](=O)[O-])c1. The van der Waals surface area contributed by atoms with E-state index in [-0.39, 0.29) is 22.8 Å². The maximum Gasteiger partial charge on any atom is 0.293 e. The lowest BCUT2D eigenvalue weighted by atomic mass is 10.1. The number of ether oxygens (including phenoxy) is 1. The summed E-state index contributed by atoms with van der Waals surface area (Å²) in [6.45, 7) is 3.28. The highest BCUT2D eigenvalue weighted by Crippen LogP contribution is 2.30. The fourth-order valence-electron chi connectivity index (χ4n) is 3.04. The van der Waals surface area contributed by atoms with Crippen LogP contribution >= 0.6 is 0 Å². The molecule has 9 heteroatoms. The summed E-state index contributed by atoms with van der Waals surface area (Å²) in [6, 6.07) is 17.3. The summed E-state index contributed by atoms with van der Waals surface area (Å²) in [4.78, 5) is 34.4. The molecule has 0 radical (unpaired) electrons. The van der Waals surface area contributed by atoms with Crippen molar-refractivity contribution < 1.29 is 19.4 Å². The summed E-state index contributed by atoms with van der Waals surface area (Å²) >= 11 is 0. The quantitative estimate of drug-likeness (QED) is 0.428. The standard InChI is InChI=1S/C22H19N3O6/c1-14-8-10-18(20(12-14)25(29)30)23-22(26)21(16-6-4-3-5-7-16)31-17-9-11-19(24(27)28)15(2)13-17/h3-13,21H,1-2H3,(H,23,26). The number of nitro benzene ring substituents is 2. The molecule has 1 atom stereocenters. The molecule has 0 aromatic heterocycles. The third-order valence-electron chi connectivity index (χ3n) is 4.57. The van der Waals surface area contributed by atoms with Gasteiger partial charge in [0, 0.05) is 23.3 Å². The van der Waals surface area contributed by atoms with Gasteiger partial charge in [0.15, 0.2) is 0 Å². The molecule has 1 N–H and O–H groups in total. The minimum atomic E-state index is -1.14. The van der Waals surface area contributed by atoms with Gasteiger partial charge in [-0.2, -0.15) is 0 Å². The monoisotopic (exact) mass is 421 g/mol. The number of nitrogens with zero attached hydrogens (tertiary/aromatic N) is 2. The van der Waals surface area contributed by atoms with E-state index >= 15 is 0 Å². The zero-order chi connectivity index (χ0) is 22.5. The fourth-order valence-corrected chi connectivity index (χ4v) is 3.04. The van der Waals surface area contributed by atoms with Crippen LogP contribution < -0.4 is 10.1 Å². The van der Waals surface area contributed by atoms with Gasteiger partial charge >= 0.3 is 0 Å². The van der Waals surface area contributed by atoms with E-state index in [1.165, 1.54) is 30.3 Å². The largest absolute Gasteiger partial charge is 0.476 e. The summed E-state index contributed by atoms with van der Waals surface area (Å²) in [5, 5.41) is 25.0. The Bertz CT molecular complexity index is 1150. The van der Waals surface area contributed by atoms with Gasteiger partial charge in [-0.15, -0.1) is 0 Å². The molecule has 1 unspecified atom stereocenters. The molecule has 0 aliphatic carbocycles. The Morgan fingerprint density at radius 1 is 0.903 bits per heavy atom. The molecule has 0 aliphatic heterocycles. The number of anilines is 1. The molecular formula is C22H19N3O6. The van der Waals surface area contributed by atoms with Crippen LogP contribution in [-0.2, 0) is 4.79 Å². The molecule has 3 rings (SSSR count). The first-order valence-corrected chi connectivity index (χ1v) is 9.29. The molecule has 0 heterocycles. The Balaban J connectivity index is 1.94. The molecule has 0 spiro atoms.